The Balaban J connectivity index is 1.32. The Hall–Kier alpha value is -3.16. The van der Waals surface area contributed by atoms with E-state index in [0.29, 0.717) is 0 Å². The van der Waals surface area contributed by atoms with Crippen LogP contribution >= 0.6 is 11.3 Å². The number of carbonyl (C=O) groups excluding carboxylic acids is 1. The van der Waals surface area contributed by atoms with Crippen LogP contribution < -0.4 is 15.0 Å². The summed E-state index contributed by atoms with van der Waals surface area (Å²) in [4.78, 5) is 20.0. The Bertz CT molecular complexity index is 1280. The summed E-state index contributed by atoms with van der Waals surface area (Å²) < 4.78 is 11.8. The summed E-state index contributed by atoms with van der Waals surface area (Å²) in [5, 5.41) is 6.26. The summed E-state index contributed by atoms with van der Waals surface area (Å²) in [7, 11) is 1.66. The van der Waals surface area contributed by atoms with Gasteiger partial charge in [-0.2, -0.15) is 0 Å². The first-order chi connectivity index (χ1) is 15.6. The second-order valence-electron chi connectivity index (χ2n) is 7.96. The van der Waals surface area contributed by atoms with Gasteiger partial charge in [0.25, 0.3) is 0 Å². The van der Waals surface area contributed by atoms with E-state index in [-0.39, 0.29) is 11.8 Å². The van der Waals surface area contributed by atoms with Gasteiger partial charge in [-0.3, -0.25) is 4.79 Å². The molecular formula is C25H25N3O3S. The standard InChI is InChI=1S/C25H25N3O3S/c1-16(17-3-4-19-14-21(30-2)7-5-18(19)13-17)24(29)26-20-6-8-22-23(15-20)32-25(27-22)28-9-11-31-12-10-28/h3-8,13-16H,9-12H2,1-2H3,(H,26,29)/t16-/m1/s1. The Morgan fingerprint density at radius 1 is 1.09 bits per heavy atom. The van der Waals surface area contributed by atoms with Gasteiger partial charge >= 0.3 is 0 Å². The van der Waals surface area contributed by atoms with Crippen LogP contribution in [-0.2, 0) is 9.53 Å². The number of rotatable bonds is 5. The highest BCUT2D eigenvalue weighted by molar-refractivity contribution is 7.22. The number of hydrogen-bond donors (Lipinski definition) is 1. The minimum absolute atomic E-state index is 0.0323. The average molecular weight is 448 g/mol. The van der Waals surface area contributed by atoms with Crippen LogP contribution in [0.5, 0.6) is 5.75 Å². The van der Waals surface area contributed by atoms with E-state index in [0.717, 1.165) is 69.4 Å². The fraction of sp³-hybridized carbons (Fsp3) is 0.280. The van der Waals surface area contributed by atoms with E-state index in [1.807, 2.05) is 55.5 Å². The SMILES string of the molecule is COc1ccc2cc([C@@H](C)C(=O)Nc3ccc4nc(N5CCOCC5)sc4c3)ccc2c1. The first-order valence-corrected chi connectivity index (χ1v) is 11.5. The van der Waals surface area contributed by atoms with Crippen molar-refractivity contribution in [1.82, 2.24) is 4.98 Å². The van der Waals surface area contributed by atoms with E-state index in [1.165, 1.54) is 0 Å². The van der Waals surface area contributed by atoms with Gasteiger partial charge in [0.05, 0.1) is 36.5 Å². The molecule has 0 radical (unpaired) electrons. The minimum atomic E-state index is -0.275. The number of morpholine rings is 1. The van der Waals surface area contributed by atoms with Gasteiger partial charge in [0.1, 0.15) is 5.75 Å². The normalized spacial score (nSPS) is 15.1. The number of amides is 1. The van der Waals surface area contributed by atoms with Crippen molar-refractivity contribution < 1.29 is 14.3 Å². The van der Waals surface area contributed by atoms with Crippen molar-refractivity contribution in [3.8, 4) is 5.75 Å². The van der Waals surface area contributed by atoms with Crippen molar-refractivity contribution in [2.75, 3.05) is 43.6 Å². The Kier molecular flexibility index (Phi) is 5.68. The molecule has 0 aliphatic carbocycles. The van der Waals surface area contributed by atoms with Gasteiger partial charge in [-0.05, 0) is 53.6 Å². The topological polar surface area (TPSA) is 63.7 Å². The van der Waals surface area contributed by atoms with E-state index in [1.54, 1.807) is 18.4 Å². The lowest BCUT2D eigenvalue weighted by atomic mass is 9.97. The molecule has 3 aromatic carbocycles. The van der Waals surface area contributed by atoms with Gasteiger partial charge in [0.15, 0.2) is 5.13 Å². The average Bonchev–Trinajstić information content (AvgIpc) is 3.27. The first-order valence-electron chi connectivity index (χ1n) is 10.7. The summed E-state index contributed by atoms with van der Waals surface area (Å²) in [6, 6.07) is 18.0. The summed E-state index contributed by atoms with van der Waals surface area (Å²) >= 11 is 1.65. The van der Waals surface area contributed by atoms with Crippen LogP contribution in [0.2, 0.25) is 0 Å². The van der Waals surface area contributed by atoms with Crippen LogP contribution in [0.1, 0.15) is 18.4 Å². The zero-order valence-electron chi connectivity index (χ0n) is 18.1. The molecule has 1 fully saturated rings. The van der Waals surface area contributed by atoms with Crippen LogP contribution in [0.25, 0.3) is 21.0 Å². The molecule has 0 saturated carbocycles. The summed E-state index contributed by atoms with van der Waals surface area (Å²) in [5.74, 6) is 0.518. The molecule has 1 aromatic heterocycles. The highest BCUT2D eigenvalue weighted by Crippen LogP contribution is 2.32. The van der Waals surface area contributed by atoms with E-state index in [2.05, 4.69) is 16.3 Å². The van der Waals surface area contributed by atoms with E-state index in [9.17, 15) is 4.79 Å². The number of thiazole rings is 1. The molecule has 164 valence electrons. The molecule has 1 aliphatic heterocycles. The van der Waals surface area contributed by atoms with Gasteiger partial charge in [-0.25, -0.2) is 4.98 Å². The molecule has 1 N–H and O–H groups in total. The van der Waals surface area contributed by atoms with Crippen molar-refractivity contribution in [3.05, 3.63) is 60.2 Å². The van der Waals surface area contributed by atoms with Crippen LogP contribution in [0.3, 0.4) is 0 Å². The second-order valence-corrected chi connectivity index (χ2v) is 8.97. The molecule has 1 atom stereocenters. The Morgan fingerprint density at radius 3 is 2.69 bits per heavy atom. The molecule has 7 heteroatoms. The maximum atomic E-state index is 13.0. The smallest absolute Gasteiger partial charge is 0.231 e. The summed E-state index contributed by atoms with van der Waals surface area (Å²) in [6.07, 6.45) is 0. The molecule has 2 heterocycles. The molecule has 6 nitrogen and oxygen atoms in total. The van der Waals surface area contributed by atoms with E-state index < -0.39 is 0 Å². The van der Waals surface area contributed by atoms with Crippen LogP contribution in [0, 0.1) is 0 Å². The molecule has 32 heavy (non-hydrogen) atoms. The van der Waals surface area contributed by atoms with Crippen molar-refractivity contribution >= 4 is 49.1 Å². The number of aromatic nitrogens is 1. The number of hydrogen-bond acceptors (Lipinski definition) is 6. The molecule has 0 unspecified atom stereocenters. The number of fused-ring (bicyclic) bond motifs is 2. The van der Waals surface area contributed by atoms with Crippen molar-refractivity contribution in [2.24, 2.45) is 0 Å². The fourth-order valence-electron chi connectivity index (χ4n) is 3.92. The number of methoxy groups -OCH3 is 1. The third-order valence-electron chi connectivity index (χ3n) is 5.89. The third-order valence-corrected chi connectivity index (χ3v) is 6.97. The molecule has 1 aliphatic rings. The molecule has 5 rings (SSSR count). The fourth-order valence-corrected chi connectivity index (χ4v) is 4.98. The van der Waals surface area contributed by atoms with Gasteiger partial charge in [-0.15, -0.1) is 0 Å². The maximum absolute atomic E-state index is 13.0. The Labute approximate surface area is 190 Å². The summed E-state index contributed by atoms with van der Waals surface area (Å²) in [6.45, 7) is 5.12. The van der Waals surface area contributed by atoms with Crippen LogP contribution in [0.4, 0.5) is 10.8 Å². The molecule has 4 aromatic rings. The van der Waals surface area contributed by atoms with Crippen LogP contribution in [0.15, 0.2) is 54.6 Å². The zero-order valence-corrected chi connectivity index (χ0v) is 18.9. The van der Waals surface area contributed by atoms with Crippen molar-refractivity contribution in [1.29, 1.82) is 0 Å². The molecule has 1 amide bonds. The predicted octanol–water partition coefficient (Wildman–Crippen LogP) is 5.04. The van der Waals surface area contributed by atoms with Gasteiger partial charge in [0, 0.05) is 18.8 Å². The first kappa shape index (κ1) is 20.7. The number of anilines is 2. The number of nitrogens with one attached hydrogen (secondary N) is 1. The molecule has 1 saturated heterocycles. The highest BCUT2D eigenvalue weighted by atomic mass is 32.1. The van der Waals surface area contributed by atoms with Gasteiger partial charge in [-0.1, -0.05) is 35.6 Å². The number of nitrogens with zero attached hydrogens (tertiary/aromatic N) is 2. The molecule has 0 bridgehead atoms. The van der Waals surface area contributed by atoms with Crippen molar-refractivity contribution in [3.63, 3.8) is 0 Å². The molecular weight excluding hydrogens is 422 g/mol. The van der Waals surface area contributed by atoms with E-state index in [4.69, 9.17) is 14.5 Å². The number of benzene rings is 3. The lowest BCUT2D eigenvalue weighted by molar-refractivity contribution is -0.117. The summed E-state index contributed by atoms with van der Waals surface area (Å²) in [5.41, 5.74) is 2.72. The second kappa shape index (κ2) is 8.76. The minimum Gasteiger partial charge on any atom is -0.497 e. The molecule has 0 spiro atoms. The highest BCUT2D eigenvalue weighted by Gasteiger charge is 2.18. The quantitative estimate of drug-likeness (QED) is 0.465. The van der Waals surface area contributed by atoms with E-state index >= 15 is 0 Å². The lowest BCUT2D eigenvalue weighted by Crippen LogP contribution is -2.36. The van der Waals surface area contributed by atoms with Crippen molar-refractivity contribution in [2.45, 2.75) is 12.8 Å². The lowest BCUT2D eigenvalue weighted by Gasteiger charge is -2.25. The maximum Gasteiger partial charge on any atom is 0.231 e. The number of carbonyl (C=O) groups is 1. The Morgan fingerprint density at radius 2 is 1.88 bits per heavy atom. The monoisotopic (exact) mass is 447 g/mol. The predicted molar refractivity (Wildman–Crippen MR) is 130 cm³/mol. The largest absolute Gasteiger partial charge is 0.497 e. The van der Waals surface area contributed by atoms with Gasteiger partial charge < -0.3 is 19.7 Å². The zero-order chi connectivity index (χ0) is 22.1. The third kappa shape index (κ3) is 4.13. The van der Waals surface area contributed by atoms with Crippen LogP contribution in [-0.4, -0.2) is 44.3 Å². The van der Waals surface area contributed by atoms with Gasteiger partial charge in [0.2, 0.25) is 5.91 Å². The number of ether oxygens (including phenoxy) is 2.